The predicted molar refractivity (Wildman–Crippen MR) is 83.7 cm³/mol. The number of anilines is 1. The number of Topliss-reactive ketones (excluding diaryl/α,β-unsaturated/α-hetero) is 1. The van der Waals surface area contributed by atoms with Crippen molar-refractivity contribution in [3.8, 4) is 0 Å². The molecule has 2 rings (SSSR count). The van der Waals surface area contributed by atoms with Crippen molar-refractivity contribution in [2.45, 2.75) is 25.8 Å². The highest BCUT2D eigenvalue weighted by molar-refractivity contribution is 5.95. The average molecular weight is 321 g/mol. The number of ether oxygens (including phenoxy) is 1. The number of nitrogens with zero attached hydrogens (tertiary/aromatic N) is 2. The SMILES string of the molecule is COC(=O)N1CCCC(Nc2ccc(C(C)=O)cc2[N+](=O)[O-])C1. The largest absolute Gasteiger partial charge is 0.453 e. The smallest absolute Gasteiger partial charge is 0.409 e. The van der Waals surface area contributed by atoms with Crippen LogP contribution in [0.2, 0.25) is 0 Å². The summed E-state index contributed by atoms with van der Waals surface area (Å²) in [5.41, 5.74) is 0.492. The zero-order valence-corrected chi connectivity index (χ0v) is 13.1. The number of piperidine rings is 1. The Kier molecular flexibility index (Phi) is 5.15. The van der Waals surface area contributed by atoms with Gasteiger partial charge in [0.1, 0.15) is 5.69 Å². The molecule has 1 atom stereocenters. The highest BCUT2D eigenvalue weighted by Gasteiger charge is 2.26. The van der Waals surface area contributed by atoms with E-state index in [1.165, 1.54) is 26.2 Å². The minimum Gasteiger partial charge on any atom is -0.453 e. The third kappa shape index (κ3) is 3.97. The average Bonchev–Trinajstić information content (AvgIpc) is 2.54. The molecule has 1 unspecified atom stereocenters. The van der Waals surface area contributed by atoms with Gasteiger partial charge in [-0.25, -0.2) is 4.79 Å². The van der Waals surface area contributed by atoms with Crippen LogP contribution in [0.3, 0.4) is 0 Å². The van der Waals surface area contributed by atoms with Crippen LogP contribution >= 0.6 is 0 Å². The fourth-order valence-electron chi connectivity index (χ4n) is 2.63. The van der Waals surface area contributed by atoms with Crippen molar-refractivity contribution in [1.82, 2.24) is 4.90 Å². The Balaban J connectivity index is 2.17. The molecule has 0 bridgehead atoms. The molecular formula is C15H19N3O5. The third-order valence-corrected chi connectivity index (χ3v) is 3.81. The lowest BCUT2D eigenvalue weighted by molar-refractivity contribution is -0.384. The number of benzene rings is 1. The van der Waals surface area contributed by atoms with Gasteiger partial charge in [0.15, 0.2) is 5.78 Å². The maximum Gasteiger partial charge on any atom is 0.409 e. The topological polar surface area (TPSA) is 102 Å². The summed E-state index contributed by atoms with van der Waals surface area (Å²) in [5.74, 6) is -0.228. The second kappa shape index (κ2) is 7.08. The van der Waals surface area contributed by atoms with Crippen molar-refractivity contribution in [3.63, 3.8) is 0 Å². The first-order valence-corrected chi connectivity index (χ1v) is 7.31. The Hall–Kier alpha value is -2.64. The Morgan fingerprint density at radius 1 is 1.43 bits per heavy atom. The summed E-state index contributed by atoms with van der Waals surface area (Å²) in [4.78, 5) is 35.2. The number of nitro benzene ring substituents is 1. The summed E-state index contributed by atoms with van der Waals surface area (Å²) in [7, 11) is 1.32. The molecule has 0 spiro atoms. The number of methoxy groups -OCH3 is 1. The van der Waals surface area contributed by atoms with E-state index in [0.29, 0.717) is 24.3 Å². The van der Waals surface area contributed by atoms with Crippen molar-refractivity contribution in [2.75, 3.05) is 25.5 Å². The van der Waals surface area contributed by atoms with Crippen LogP contribution < -0.4 is 5.32 Å². The minimum absolute atomic E-state index is 0.107. The minimum atomic E-state index is -0.518. The fourth-order valence-corrected chi connectivity index (χ4v) is 2.63. The van der Waals surface area contributed by atoms with Gasteiger partial charge in [0.2, 0.25) is 0 Å². The summed E-state index contributed by atoms with van der Waals surface area (Å²) in [6.45, 7) is 2.38. The first kappa shape index (κ1) is 16.7. The molecule has 8 nitrogen and oxygen atoms in total. The molecule has 1 aromatic carbocycles. The van der Waals surface area contributed by atoms with E-state index in [4.69, 9.17) is 4.74 Å². The second-order valence-electron chi connectivity index (χ2n) is 5.44. The van der Waals surface area contributed by atoms with Crippen LogP contribution in [0.4, 0.5) is 16.2 Å². The number of hydrogen-bond acceptors (Lipinski definition) is 6. The first-order chi connectivity index (χ1) is 10.9. The molecule has 1 aromatic rings. The molecule has 1 aliphatic heterocycles. The number of carbonyl (C=O) groups is 2. The van der Waals surface area contributed by atoms with Gasteiger partial charge in [0, 0.05) is 30.8 Å². The lowest BCUT2D eigenvalue weighted by Gasteiger charge is -2.32. The molecule has 124 valence electrons. The molecule has 0 aliphatic carbocycles. The number of nitrogens with one attached hydrogen (secondary N) is 1. The number of amides is 1. The molecule has 1 N–H and O–H groups in total. The molecule has 1 fully saturated rings. The van der Waals surface area contributed by atoms with Crippen molar-refractivity contribution in [1.29, 1.82) is 0 Å². The van der Waals surface area contributed by atoms with E-state index in [0.717, 1.165) is 12.8 Å². The van der Waals surface area contributed by atoms with E-state index in [1.807, 2.05) is 0 Å². The standard InChI is InChI=1S/C15H19N3O5/c1-10(19)11-5-6-13(14(8-11)18(21)22)16-12-4-3-7-17(9-12)15(20)23-2/h5-6,8,12,16H,3-4,7,9H2,1-2H3. The summed E-state index contributed by atoms with van der Waals surface area (Å²) in [5, 5.41) is 14.3. The number of carbonyl (C=O) groups excluding carboxylic acids is 2. The molecular weight excluding hydrogens is 302 g/mol. The van der Waals surface area contributed by atoms with E-state index in [1.54, 1.807) is 11.0 Å². The van der Waals surface area contributed by atoms with Gasteiger partial charge in [0.25, 0.3) is 5.69 Å². The zero-order chi connectivity index (χ0) is 17.0. The maximum absolute atomic E-state index is 11.6. The Labute approximate surface area is 133 Å². The van der Waals surface area contributed by atoms with Gasteiger partial charge in [-0.15, -0.1) is 0 Å². The molecule has 23 heavy (non-hydrogen) atoms. The van der Waals surface area contributed by atoms with Crippen molar-refractivity contribution < 1.29 is 19.2 Å². The molecule has 8 heteroatoms. The molecule has 1 heterocycles. The highest BCUT2D eigenvalue weighted by Crippen LogP contribution is 2.28. The number of likely N-dealkylation sites (tertiary alicyclic amines) is 1. The normalized spacial score (nSPS) is 17.5. The van der Waals surface area contributed by atoms with Crippen LogP contribution in [0.1, 0.15) is 30.1 Å². The van der Waals surface area contributed by atoms with E-state index in [2.05, 4.69) is 5.32 Å². The maximum atomic E-state index is 11.6. The Morgan fingerprint density at radius 2 is 2.17 bits per heavy atom. The highest BCUT2D eigenvalue weighted by atomic mass is 16.6. The van der Waals surface area contributed by atoms with E-state index in [9.17, 15) is 19.7 Å². The molecule has 1 aliphatic rings. The quantitative estimate of drug-likeness (QED) is 0.519. The van der Waals surface area contributed by atoms with E-state index < -0.39 is 11.0 Å². The number of rotatable bonds is 4. The van der Waals surface area contributed by atoms with E-state index in [-0.39, 0.29) is 17.5 Å². The molecule has 0 aromatic heterocycles. The van der Waals surface area contributed by atoms with Crippen molar-refractivity contribution >= 4 is 23.3 Å². The van der Waals surface area contributed by atoms with Crippen LogP contribution in [0.15, 0.2) is 18.2 Å². The van der Waals surface area contributed by atoms with Crippen molar-refractivity contribution in [2.24, 2.45) is 0 Å². The van der Waals surface area contributed by atoms with Gasteiger partial charge >= 0.3 is 6.09 Å². The fraction of sp³-hybridized carbons (Fsp3) is 0.467. The van der Waals surface area contributed by atoms with Gasteiger partial charge in [-0.05, 0) is 31.9 Å². The number of nitro groups is 1. The van der Waals surface area contributed by atoms with Gasteiger partial charge in [-0.1, -0.05) is 0 Å². The number of hydrogen-bond donors (Lipinski definition) is 1. The van der Waals surface area contributed by atoms with E-state index >= 15 is 0 Å². The van der Waals surface area contributed by atoms with Crippen LogP contribution in [-0.2, 0) is 4.74 Å². The van der Waals surface area contributed by atoms with Gasteiger partial charge < -0.3 is 15.0 Å². The Bertz CT molecular complexity index is 632. The summed E-state index contributed by atoms with van der Waals surface area (Å²) in [6.07, 6.45) is 1.17. The molecule has 0 radical (unpaired) electrons. The third-order valence-electron chi connectivity index (χ3n) is 3.81. The van der Waals surface area contributed by atoms with Crippen LogP contribution in [0.5, 0.6) is 0 Å². The molecule has 1 saturated heterocycles. The lowest BCUT2D eigenvalue weighted by atomic mass is 10.0. The first-order valence-electron chi connectivity index (χ1n) is 7.31. The summed E-state index contributed by atoms with van der Waals surface area (Å²) < 4.78 is 4.71. The summed E-state index contributed by atoms with van der Waals surface area (Å²) in [6, 6.07) is 4.25. The van der Waals surface area contributed by atoms with Gasteiger partial charge in [0.05, 0.1) is 12.0 Å². The van der Waals surface area contributed by atoms with Crippen LogP contribution in [-0.4, -0.2) is 47.9 Å². The van der Waals surface area contributed by atoms with Crippen LogP contribution in [0, 0.1) is 10.1 Å². The predicted octanol–water partition coefficient (Wildman–Crippen LogP) is 2.44. The molecule has 1 amide bonds. The Morgan fingerprint density at radius 3 is 2.78 bits per heavy atom. The monoisotopic (exact) mass is 321 g/mol. The van der Waals surface area contributed by atoms with Gasteiger partial charge in [-0.3, -0.25) is 14.9 Å². The summed E-state index contributed by atoms with van der Waals surface area (Å²) >= 11 is 0. The van der Waals surface area contributed by atoms with Crippen molar-refractivity contribution in [3.05, 3.63) is 33.9 Å². The second-order valence-corrected chi connectivity index (χ2v) is 5.44. The number of ketones is 1. The van der Waals surface area contributed by atoms with Gasteiger partial charge in [-0.2, -0.15) is 0 Å². The zero-order valence-electron chi connectivity index (χ0n) is 13.1. The lowest BCUT2D eigenvalue weighted by Crippen LogP contribution is -2.45. The van der Waals surface area contributed by atoms with Crippen LogP contribution in [0.25, 0.3) is 0 Å². The molecule has 0 saturated carbocycles.